The number of anilines is 1. The summed E-state index contributed by atoms with van der Waals surface area (Å²) < 4.78 is 0. The van der Waals surface area contributed by atoms with Crippen LogP contribution in [0.15, 0.2) is 48.7 Å². The number of benzene rings is 2. The number of nitrogens with one attached hydrogen (secondary N) is 2. The standard InChI is InChI=1S/C17H15Cl2N3O/c18-12-5-3-6-13(19)16(12)22-17(23)14(20)8-10-9-21-15-7-2-1-4-11(10)15/h1-7,9,14,21H,8,20H2,(H,22,23)/t14-/m0/s1. The lowest BCUT2D eigenvalue weighted by Crippen LogP contribution is -2.37. The Kier molecular flexibility index (Phi) is 4.57. The lowest BCUT2D eigenvalue weighted by atomic mass is 10.0. The van der Waals surface area contributed by atoms with Gasteiger partial charge in [-0.15, -0.1) is 0 Å². The number of carbonyl (C=O) groups is 1. The molecule has 0 spiro atoms. The zero-order chi connectivity index (χ0) is 16.4. The number of aromatic amines is 1. The Morgan fingerprint density at radius 3 is 2.57 bits per heavy atom. The molecule has 0 saturated heterocycles. The molecule has 3 rings (SSSR count). The maximum atomic E-state index is 12.3. The van der Waals surface area contributed by atoms with Gasteiger partial charge in [0.25, 0.3) is 0 Å². The molecule has 0 unspecified atom stereocenters. The summed E-state index contributed by atoms with van der Waals surface area (Å²) in [6.45, 7) is 0. The SMILES string of the molecule is N[C@@H](Cc1c[nH]c2ccccc12)C(=O)Nc1c(Cl)cccc1Cl. The van der Waals surface area contributed by atoms with Crippen molar-refractivity contribution in [3.8, 4) is 0 Å². The molecule has 3 aromatic rings. The van der Waals surface area contributed by atoms with Crippen molar-refractivity contribution < 1.29 is 4.79 Å². The van der Waals surface area contributed by atoms with E-state index in [1.165, 1.54) is 0 Å². The first-order valence-corrected chi connectivity index (χ1v) is 7.87. The number of nitrogens with two attached hydrogens (primary N) is 1. The molecular formula is C17H15Cl2N3O. The van der Waals surface area contributed by atoms with Crippen LogP contribution < -0.4 is 11.1 Å². The average Bonchev–Trinajstić information content (AvgIpc) is 2.94. The normalized spacial score (nSPS) is 12.3. The van der Waals surface area contributed by atoms with Crippen LogP contribution in [-0.2, 0) is 11.2 Å². The van der Waals surface area contributed by atoms with Crippen LogP contribution in [0.3, 0.4) is 0 Å². The van der Waals surface area contributed by atoms with Gasteiger partial charge in [0.15, 0.2) is 0 Å². The highest BCUT2D eigenvalue weighted by Crippen LogP contribution is 2.30. The summed E-state index contributed by atoms with van der Waals surface area (Å²) >= 11 is 12.1. The van der Waals surface area contributed by atoms with E-state index in [0.29, 0.717) is 22.2 Å². The minimum absolute atomic E-state index is 0.328. The molecule has 0 radical (unpaired) electrons. The van der Waals surface area contributed by atoms with Crippen LogP contribution in [-0.4, -0.2) is 16.9 Å². The summed E-state index contributed by atoms with van der Waals surface area (Å²) in [4.78, 5) is 15.5. The fraction of sp³-hybridized carbons (Fsp3) is 0.118. The molecule has 2 aromatic carbocycles. The van der Waals surface area contributed by atoms with E-state index in [1.807, 2.05) is 30.5 Å². The first-order valence-electron chi connectivity index (χ1n) is 7.11. The van der Waals surface area contributed by atoms with Crippen LogP contribution in [0, 0.1) is 0 Å². The maximum Gasteiger partial charge on any atom is 0.241 e. The van der Waals surface area contributed by atoms with Crippen molar-refractivity contribution in [2.75, 3.05) is 5.32 Å². The minimum Gasteiger partial charge on any atom is -0.361 e. The second kappa shape index (κ2) is 6.62. The molecule has 4 N–H and O–H groups in total. The Labute approximate surface area is 143 Å². The molecule has 1 atom stereocenters. The van der Waals surface area contributed by atoms with Crippen LogP contribution in [0.2, 0.25) is 10.0 Å². The summed E-state index contributed by atoms with van der Waals surface area (Å²) in [5.74, 6) is -0.328. The number of H-pyrrole nitrogens is 1. The number of halogens is 2. The monoisotopic (exact) mass is 347 g/mol. The number of hydrogen-bond acceptors (Lipinski definition) is 2. The van der Waals surface area contributed by atoms with Crippen LogP contribution in [0.4, 0.5) is 5.69 Å². The molecular weight excluding hydrogens is 333 g/mol. The van der Waals surface area contributed by atoms with Crippen molar-refractivity contribution >= 4 is 45.7 Å². The Morgan fingerprint density at radius 2 is 1.83 bits per heavy atom. The van der Waals surface area contributed by atoms with Gasteiger partial charge >= 0.3 is 0 Å². The number of carbonyl (C=O) groups excluding carboxylic acids is 1. The van der Waals surface area contributed by atoms with Gasteiger partial charge in [0.1, 0.15) is 0 Å². The molecule has 0 aliphatic carbocycles. The maximum absolute atomic E-state index is 12.3. The molecule has 0 aliphatic rings. The van der Waals surface area contributed by atoms with Crippen molar-refractivity contribution in [3.63, 3.8) is 0 Å². The second-order valence-corrected chi connectivity index (χ2v) is 6.07. The van der Waals surface area contributed by atoms with Gasteiger partial charge in [-0.2, -0.15) is 0 Å². The fourth-order valence-electron chi connectivity index (χ4n) is 2.46. The summed E-state index contributed by atoms with van der Waals surface area (Å²) in [6, 6.07) is 12.2. The molecule has 1 amide bonds. The molecule has 0 saturated carbocycles. The summed E-state index contributed by atoms with van der Waals surface area (Å²) in [7, 11) is 0. The molecule has 118 valence electrons. The second-order valence-electron chi connectivity index (χ2n) is 5.26. The van der Waals surface area contributed by atoms with Gasteiger partial charge < -0.3 is 16.0 Å². The van der Waals surface area contributed by atoms with Crippen molar-refractivity contribution in [2.24, 2.45) is 5.73 Å². The zero-order valence-corrected chi connectivity index (χ0v) is 13.7. The van der Waals surface area contributed by atoms with Gasteiger partial charge in [0, 0.05) is 17.1 Å². The zero-order valence-electron chi connectivity index (χ0n) is 12.1. The number of para-hydroxylation sites is 2. The number of amides is 1. The molecule has 1 aromatic heterocycles. The molecule has 0 fully saturated rings. The lowest BCUT2D eigenvalue weighted by Gasteiger charge is -2.14. The molecule has 6 heteroatoms. The average molecular weight is 348 g/mol. The highest BCUT2D eigenvalue weighted by atomic mass is 35.5. The number of aromatic nitrogens is 1. The third-order valence-corrected chi connectivity index (χ3v) is 4.29. The predicted molar refractivity (Wildman–Crippen MR) is 95.1 cm³/mol. The van der Waals surface area contributed by atoms with Gasteiger partial charge in [0.2, 0.25) is 5.91 Å². The first-order chi connectivity index (χ1) is 11.1. The van der Waals surface area contributed by atoms with E-state index in [0.717, 1.165) is 16.5 Å². The van der Waals surface area contributed by atoms with E-state index in [9.17, 15) is 4.79 Å². The van der Waals surface area contributed by atoms with Crippen LogP contribution in [0.5, 0.6) is 0 Å². The molecule has 23 heavy (non-hydrogen) atoms. The Hall–Kier alpha value is -2.01. The first kappa shape index (κ1) is 15.9. The van der Waals surface area contributed by atoms with E-state index >= 15 is 0 Å². The minimum atomic E-state index is -0.707. The summed E-state index contributed by atoms with van der Waals surface area (Å²) in [6.07, 6.45) is 2.29. The van der Waals surface area contributed by atoms with E-state index in [-0.39, 0.29) is 5.91 Å². The lowest BCUT2D eigenvalue weighted by molar-refractivity contribution is -0.117. The fourth-order valence-corrected chi connectivity index (χ4v) is 2.96. The number of hydrogen-bond donors (Lipinski definition) is 3. The van der Waals surface area contributed by atoms with Crippen molar-refractivity contribution in [2.45, 2.75) is 12.5 Å². The third-order valence-electron chi connectivity index (χ3n) is 3.66. The van der Waals surface area contributed by atoms with Gasteiger partial charge in [-0.3, -0.25) is 4.79 Å². The quantitative estimate of drug-likeness (QED) is 0.667. The van der Waals surface area contributed by atoms with Gasteiger partial charge in [-0.1, -0.05) is 47.5 Å². The van der Waals surface area contributed by atoms with E-state index < -0.39 is 6.04 Å². The Morgan fingerprint density at radius 1 is 1.13 bits per heavy atom. The van der Waals surface area contributed by atoms with Crippen LogP contribution in [0.1, 0.15) is 5.56 Å². The van der Waals surface area contributed by atoms with Crippen molar-refractivity contribution in [1.82, 2.24) is 4.98 Å². The van der Waals surface area contributed by atoms with E-state index in [2.05, 4.69) is 10.3 Å². The van der Waals surface area contributed by atoms with Gasteiger partial charge in [0.05, 0.1) is 21.8 Å². The smallest absolute Gasteiger partial charge is 0.241 e. The highest BCUT2D eigenvalue weighted by molar-refractivity contribution is 6.39. The number of rotatable bonds is 4. The van der Waals surface area contributed by atoms with Gasteiger partial charge in [-0.05, 0) is 30.2 Å². The summed E-state index contributed by atoms with van der Waals surface area (Å²) in [5.41, 5.74) is 8.43. The molecule has 1 heterocycles. The van der Waals surface area contributed by atoms with Crippen molar-refractivity contribution in [3.05, 3.63) is 64.3 Å². The van der Waals surface area contributed by atoms with E-state index in [1.54, 1.807) is 18.2 Å². The molecule has 4 nitrogen and oxygen atoms in total. The topological polar surface area (TPSA) is 70.9 Å². The Bertz CT molecular complexity index is 840. The van der Waals surface area contributed by atoms with Crippen LogP contribution in [0.25, 0.3) is 10.9 Å². The van der Waals surface area contributed by atoms with Gasteiger partial charge in [-0.25, -0.2) is 0 Å². The largest absolute Gasteiger partial charge is 0.361 e. The van der Waals surface area contributed by atoms with Crippen molar-refractivity contribution in [1.29, 1.82) is 0 Å². The molecule has 0 aliphatic heterocycles. The predicted octanol–water partition coefficient (Wildman–Crippen LogP) is 3.98. The van der Waals surface area contributed by atoms with Crippen LogP contribution >= 0.6 is 23.2 Å². The van der Waals surface area contributed by atoms with E-state index in [4.69, 9.17) is 28.9 Å². The third kappa shape index (κ3) is 3.34. The summed E-state index contributed by atoms with van der Waals surface area (Å²) in [5, 5.41) is 4.52. The molecule has 0 bridgehead atoms. The highest BCUT2D eigenvalue weighted by Gasteiger charge is 2.18. The number of fused-ring (bicyclic) bond motifs is 1. The Balaban J connectivity index is 1.75.